The SMILES string of the molecule is COC(=O)[C@@]1(CO[Si](c2ccccc2)(c2ccccc2)C(C)(C)C)C=C[C@@H](O)C1(F)F. The lowest BCUT2D eigenvalue weighted by atomic mass is 9.84. The van der Waals surface area contributed by atoms with Gasteiger partial charge in [-0.2, -0.15) is 0 Å². The van der Waals surface area contributed by atoms with Gasteiger partial charge in [0.25, 0.3) is 14.2 Å². The molecule has 1 N–H and O–H groups in total. The fraction of sp³-hybridized carbons (Fsp3) is 0.375. The number of carbonyl (C=O) groups is 1. The van der Waals surface area contributed by atoms with Gasteiger partial charge in [0.1, 0.15) is 6.10 Å². The second kappa shape index (κ2) is 8.30. The van der Waals surface area contributed by atoms with Gasteiger partial charge in [0, 0.05) is 0 Å². The first-order valence-corrected chi connectivity index (χ1v) is 12.0. The summed E-state index contributed by atoms with van der Waals surface area (Å²) in [6.07, 6.45) is -0.123. The van der Waals surface area contributed by atoms with E-state index in [0.717, 1.165) is 29.6 Å². The Hall–Kier alpha value is -2.35. The molecule has 7 heteroatoms. The molecule has 3 rings (SSSR count). The van der Waals surface area contributed by atoms with E-state index in [1.54, 1.807) is 0 Å². The zero-order chi connectivity index (χ0) is 22.9. The number of esters is 1. The molecule has 0 aliphatic heterocycles. The van der Waals surface area contributed by atoms with Crippen LogP contribution >= 0.6 is 0 Å². The Morgan fingerprint density at radius 1 is 1.03 bits per heavy atom. The molecule has 0 heterocycles. The molecule has 2 aromatic carbocycles. The van der Waals surface area contributed by atoms with E-state index in [0.29, 0.717) is 0 Å². The second-order valence-corrected chi connectivity index (χ2v) is 13.1. The van der Waals surface area contributed by atoms with Crippen LogP contribution in [0.4, 0.5) is 8.78 Å². The molecule has 0 radical (unpaired) electrons. The Kier molecular flexibility index (Phi) is 6.24. The largest absolute Gasteiger partial charge is 0.468 e. The van der Waals surface area contributed by atoms with Gasteiger partial charge in [0.05, 0.1) is 13.7 Å². The van der Waals surface area contributed by atoms with Crippen molar-refractivity contribution in [2.24, 2.45) is 5.41 Å². The molecule has 2 aromatic rings. The Morgan fingerprint density at radius 3 is 1.87 bits per heavy atom. The van der Waals surface area contributed by atoms with Crippen LogP contribution in [0.15, 0.2) is 72.8 Å². The summed E-state index contributed by atoms with van der Waals surface area (Å²) >= 11 is 0. The first kappa shape index (κ1) is 23.3. The minimum absolute atomic E-state index is 0.455. The molecule has 31 heavy (non-hydrogen) atoms. The number of hydrogen-bond donors (Lipinski definition) is 1. The highest BCUT2D eigenvalue weighted by molar-refractivity contribution is 6.99. The summed E-state index contributed by atoms with van der Waals surface area (Å²) < 4.78 is 41.5. The predicted molar refractivity (Wildman–Crippen MR) is 118 cm³/mol. The Bertz CT molecular complexity index is 902. The Morgan fingerprint density at radius 2 is 1.52 bits per heavy atom. The monoisotopic (exact) mass is 446 g/mol. The van der Waals surface area contributed by atoms with Crippen molar-refractivity contribution in [3.05, 3.63) is 72.8 Å². The first-order valence-electron chi connectivity index (χ1n) is 10.1. The lowest BCUT2D eigenvalue weighted by Crippen LogP contribution is -2.68. The van der Waals surface area contributed by atoms with E-state index in [-0.39, 0.29) is 0 Å². The smallest absolute Gasteiger partial charge is 0.324 e. The molecule has 0 saturated carbocycles. The van der Waals surface area contributed by atoms with E-state index in [2.05, 4.69) is 0 Å². The van der Waals surface area contributed by atoms with Crippen molar-refractivity contribution >= 4 is 24.7 Å². The second-order valence-electron chi connectivity index (χ2n) is 8.84. The lowest BCUT2D eigenvalue weighted by Gasteiger charge is -2.45. The maximum absolute atomic E-state index is 15.1. The molecule has 2 atom stereocenters. The maximum atomic E-state index is 15.1. The number of rotatable bonds is 6. The predicted octanol–water partition coefficient (Wildman–Crippen LogP) is 3.29. The first-order chi connectivity index (χ1) is 14.5. The molecule has 0 amide bonds. The molecule has 0 bridgehead atoms. The van der Waals surface area contributed by atoms with Gasteiger partial charge >= 0.3 is 5.97 Å². The molecule has 0 saturated heterocycles. The summed E-state index contributed by atoms with van der Waals surface area (Å²) in [5.74, 6) is -4.89. The molecule has 0 unspecified atom stereocenters. The van der Waals surface area contributed by atoms with E-state index in [4.69, 9.17) is 9.16 Å². The molecule has 1 aliphatic rings. The van der Waals surface area contributed by atoms with Crippen LogP contribution < -0.4 is 10.4 Å². The van der Waals surface area contributed by atoms with Crippen molar-refractivity contribution in [2.75, 3.05) is 13.7 Å². The topological polar surface area (TPSA) is 55.8 Å². The molecule has 166 valence electrons. The average molecular weight is 447 g/mol. The third-order valence-electron chi connectivity index (χ3n) is 6.01. The van der Waals surface area contributed by atoms with E-state index in [9.17, 15) is 9.90 Å². The summed E-state index contributed by atoms with van der Waals surface area (Å²) in [5, 5.41) is 11.2. The van der Waals surface area contributed by atoms with Crippen molar-refractivity contribution < 1.29 is 27.8 Å². The molecule has 1 aliphatic carbocycles. The van der Waals surface area contributed by atoms with Gasteiger partial charge in [0.15, 0.2) is 5.41 Å². The number of methoxy groups -OCH3 is 1. The van der Waals surface area contributed by atoms with Gasteiger partial charge in [-0.15, -0.1) is 0 Å². The van der Waals surface area contributed by atoms with Crippen LogP contribution in [0, 0.1) is 5.41 Å². The number of aliphatic hydroxyl groups excluding tert-OH is 1. The van der Waals surface area contributed by atoms with Crippen LogP contribution in [0.1, 0.15) is 20.8 Å². The molecule has 0 fully saturated rings. The summed E-state index contributed by atoms with van der Waals surface area (Å²) in [5.41, 5.74) is -2.41. The summed E-state index contributed by atoms with van der Waals surface area (Å²) in [4.78, 5) is 12.6. The number of ether oxygens (including phenoxy) is 1. The number of aliphatic hydroxyl groups is 1. The van der Waals surface area contributed by atoms with Crippen LogP contribution in [0.2, 0.25) is 5.04 Å². The molecular weight excluding hydrogens is 418 g/mol. The number of halogens is 2. The van der Waals surface area contributed by atoms with Gasteiger partial charge in [-0.1, -0.05) is 93.6 Å². The van der Waals surface area contributed by atoms with Gasteiger partial charge in [-0.3, -0.25) is 4.79 Å². The summed E-state index contributed by atoms with van der Waals surface area (Å²) in [6, 6.07) is 19.1. The van der Waals surface area contributed by atoms with Gasteiger partial charge in [0.2, 0.25) is 0 Å². The van der Waals surface area contributed by atoms with Gasteiger partial charge in [-0.25, -0.2) is 8.78 Å². The van der Waals surface area contributed by atoms with Gasteiger partial charge < -0.3 is 14.3 Å². The van der Waals surface area contributed by atoms with Crippen molar-refractivity contribution in [2.45, 2.75) is 37.8 Å². The van der Waals surface area contributed by atoms with E-state index in [1.165, 1.54) is 0 Å². The van der Waals surface area contributed by atoms with Crippen molar-refractivity contribution in [3.63, 3.8) is 0 Å². The minimum atomic E-state index is -3.76. The average Bonchev–Trinajstić information content (AvgIpc) is 2.98. The lowest BCUT2D eigenvalue weighted by molar-refractivity contribution is -0.191. The van der Waals surface area contributed by atoms with E-state index < -0.39 is 43.4 Å². The molecule has 0 spiro atoms. The standard InChI is InChI=1S/C24H28F2O4Si/c1-22(2,3)31(18-11-7-5-8-12-18,19-13-9-6-10-14-19)30-17-23(21(28)29-4)16-15-20(27)24(23,25)26/h5-16,20,27H,17H2,1-4H3/t20-,23+/m1/s1. The quantitative estimate of drug-likeness (QED) is 0.420. The van der Waals surface area contributed by atoms with Crippen molar-refractivity contribution in [1.82, 2.24) is 0 Å². The van der Waals surface area contributed by atoms with Crippen molar-refractivity contribution in [3.8, 4) is 0 Å². The third kappa shape index (κ3) is 3.64. The normalized spacial score (nSPS) is 23.0. The minimum Gasteiger partial charge on any atom is -0.468 e. The Balaban J connectivity index is 2.18. The highest BCUT2D eigenvalue weighted by atomic mass is 28.4. The number of alkyl halides is 2. The number of hydrogen-bond acceptors (Lipinski definition) is 4. The fourth-order valence-electron chi connectivity index (χ4n) is 4.32. The molecule has 4 nitrogen and oxygen atoms in total. The van der Waals surface area contributed by atoms with Crippen LogP contribution in [0.5, 0.6) is 0 Å². The molecule has 0 aromatic heterocycles. The van der Waals surface area contributed by atoms with E-state index in [1.807, 2.05) is 81.4 Å². The maximum Gasteiger partial charge on any atom is 0.324 e. The van der Waals surface area contributed by atoms with Crippen LogP contribution in [-0.4, -0.2) is 45.1 Å². The summed E-state index contributed by atoms with van der Waals surface area (Å²) in [6.45, 7) is 5.43. The number of carbonyl (C=O) groups excluding carboxylic acids is 1. The highest BCUT2D eigenvalue weighted by Crippen LogP contribution is 2.48. The van der Waals surface area contributed by atoms with Crippen LogP contribution in [-0.2, 0) is 14.0 Å². The fourth-order valence-corrected chi connectivity index (χ4v) is 8.92. The Labute approximate surface area is 182 Å². The number of benzene rings is 2. The van der Waals surface area contributed by atoms with E-state index >= 15 is 8.78 Å². The zero-order valence-electron chi connectivity index (χ0n) is 18.1. The van der Waals surface area contributed by atoms with Crippen LogP contribution in [0.3, 0.4) is 0 Å². The van der Waals surface area contributed by atoms with Crippen LogP contribution in [0.25, 0.3) is 0 Å². The summed E-state index contributed by atoms with van der Waals surface area (Å²) in [7, 11) is -2.11. The van der Waals surface area contributed by atoms with Crippen molar-refractivity contribution in [1.29, 1.82) is 0 Å². The third-order valence-corrected chi connectivity index (χ3v) is 11.0. The zero-order valence-corrected chi connectivity index (χ0v) is 19.1. The highest BCUT2D eigenvalue weighted by Gasteiger charge is 2.66. The molecular formula is C24H28F2O4Si. The van der Waals surface area contributed by atoms with Gasteiger partial charge in [-0.05, 0) is 15.4 Å².